The minimum atomic E-state index is -2.46. The molecule has 0 aliphatic heterocycles. The lowest BCUT2D eigenvalue weighted by Crippen LogP contribution is -2.69. The molecule has 0 heterocycles. The number of carbonyl (C=O) groups excluding carboxylic acids is 2. The quantitative estimate of drug-likeness (QED) is 0.371. The number of Topliss-reactive ketones (excluding diaryl/α,β-unsaturated/α-hetero) is 1. The summed E-state index contributed by atoms with van der Waals surface area (Å²) < 4.78 is 52.9. The lowest BCUT2D eigenvalue weighted by Gasteiger charge is -2.63. The van der Waals surface area contributed by atoms with Crippen molar-refractivity contribution in [3.8, 4) is 0 Å². The highest BCUT2D eigenvalue weighted by Crippen LogP contribution is 2.72. The summed E-state index contributed by atoms with van der Waals surface area (Å²) in [6.45, 7) is 5.57. The van der Waals surface area contributed by atoms with Gasteiger partial charge in [0, 0.05) is 23.8 Å². The first-order valence-electron chi connectivity index (χ1n) is 11.2. The van der Waals surface area contributed by atoms with Gasteiger partial charge in [0.25, 0.3) is 0 Å². The number of aliphatic hydroxyl groups excluding tert-OH is 1. The maximum atomic E-state index is 17.1. The molecule has 0 spiro atoms. The number of alkyl halides is 2. The van der Waals surface area contributed by atoms with E-state index in [9.17, 15) is 24.6 Å². The molecule has 0 aromatic heterocycles. The Kier molecular flexibility index (Phi) is 5.21. The van der Waals surface area contributed by atoms with Crippen molar-refractivity contribution in [3.63, 3.8) is 0 Å². The number of aliphatic hydroxyl groups is 1. The number of carboxylic acids is 1. The summed E-state index contributed by atoms with van der Waals surface area (Å²) in [6.07, 6.45) is -2.92. The number of carbonyl (C=O) groups is 3. The number of fused-ring (bicyclic) bond motifs is 5. The van der Waals surface area contributed by atoms with Crippen LogP contribution in [0.3, 0.4) is 0 Å². The third kappa shape index (κ3) is 2.80. The van der Waals surface area contributed by atoms with Gasteiger partial charge in [-0.15, -0.1) is 0 Å². The summed E-state index contributed by atoms with van der Waals surface area (Å²) in [6, 6.07) is 0. The van der Waals surface area contributed by atoms with Crippen molar-refractivity contribution in [1.82, 2.24) is 0 Å². The van der Waals surface area contributed by atoms with E-state index in [1.807, 2.05) is 0 Å². The van der Waals surface area contributed by atoms with E-state index in [-0.39, 0.29) is 12.8 Å². The Hall–Kier alpha value is -2.16. The fraction of sp³-hybridized carbons (Fsp3) is 0.708. The highest BCUT2D eigenvalue weighted by Gasteiger charge is 2.75. The topological polar surface area (TPSA) is 101 Å². The molecule has 0 amide bonds. The molecule has 0 aromatic carbocycles. The number of esters is 1. The second-order valence-electron chi connectivity index (χ2n) is 10.7. The van der Waals surface area contributed by atoms with Gasteiger partial charge in [-0.3, -0.25) is 9.59 Å². The van der Waals surface area contributed by atoms with Crippen molar-refractivity contribution in [2.24, 2.45) is 28.1 Å². The summed E-state index contributed by atoms with van der Waals surface area (Å²) >= 11 is 0. The first-order chi connectivity index (χ1) is 15.1. The lowest BCUT2D eigenvalue weighted by atomic mass is 9.43. The fourth-order valence-corrected chi connectivity index (χ4v) is 7.28. The maximum absolute atomic E-state index is 17.1. The second-order valence-corrected chi connectivity index (χ2v) is 10.7. The molecule has 9 heteroatoms. The maximum Gasteiger partial charge on any atom is 0.375 e. The molecule has 3 saturated carbocycles. The lowest BCUT2D eigenvalue weighted by molar-refractivity contribution is -0.214. The predicted molar refractivity (Wildman–Crippen MR) is 110 cm³/mol. The average Bonchev–Trinajstić information content (AvgIpc) is 2.98. The van der Waals surface area contributed by atoms with Crippen molar-refractivity contribution in [2.45, 2.75) is 77.4 Å². The molecule has 6 nitrogen and oxygen atoms in total. The third-order valence-corrected chi connectivity index (χ3v) is 9.40. The predicted octanol–water partition coefficient (Wildman–Crippen LogP) is 3.63. The van der Waals surface area contributed by atoms with Gasteiger partial charge in [0.2, 0.25) is 5.78 Å². The summed E-state index contributed by atoms with van der Waals surface area (Å²) in [7, 11) is 0. The Balaban J connectivity index is 1.79. The van der Waals surface area contributed by atoms with E-state index in [1.54, 1.807) is 13.8 Å². The van der Waals surface area contributed by atoms with Crippen LogP contribution in [0.5, 0.6) is 0 Å². The number of allylic oxidation sites excluding steroid dienone is 2. The number of ether oxygens (including phenoxy) is 1. The van der Waals surface area contributed by atoms with Gasteiger partial charge < -0.3 is 14.9 Å². The van der Waals surface area contributed by atoms with Crippen LogP contribution in [-0.2, 0) is 19.1 Å². The van der Waals surface area contributed by atoms with Crippen LogP contribution in [0.25, 0.3) is 0 Å². The SMILES string of the molecule is CC(=O)C(=O)OC1C=C[C@@]2(C)C(=C1F)[C@@H](F)C[C@H]1[C@@H]3CC[C@](C)(C(=O)O)[C@@]3(C)C[C@H](O)[C@@]12F. The molecule has 0 aromatic rings. The minimum Gasteiger partial charge on any atom is -0.481 e. The molecule has 9 atom stereocenters. The number of rotatable bonds is 3. The van der Waals surface area contributed by atoms with E-state index in [0.717, 1.165) is 13.0 Å². The number of aliphatic carboxylic acids is 1. The first-order valence-corrected chi connectivity index (χ1v) is 11.2. The van der Waals surface area contributed by atoms with E-state index >= 15 is 13.2 Å². The van der Waals surface area contributed by atoms with Crippen molar-refractivity contribution in [3.05, 3.63) is 23.6 Å². The first kappa shape index (κ1) is 24.0. The molecule has 1 unspecified atom stereocenters. The highest BCUT2D eigenvalue weighted by molar-refractivity contribution is 6.32. The standard InChI is InChI=1S/C24H29F3O6/c1-11(28)19(30)33-15-6-8-21(2)17(18(15)26)14(25)9-13-12-5-7-22(3,20(31)32)23(12,4)10-16(29)24(13,21)27/h6,8,12-16,29H,5,7,9-10H2,1-4H3,(H,31,32)/t12-,13-,14-,15?,16-,21-,22+,23-,24-/m0/s1. The summed E-state index contributed by atoms with van der Waals surface area (Å²) in [5.74, 6) is -6.03. The van der Waals surface area contributed by atoms with Crippen LogP contribution in [-0.4, -0.2) is 52.0 Å². The number of hydrogen-bond acceptors (Lipinski definition) is 5. The normalized spacial score (nSPS) is 48.5. The van der Waals surface area contributed by atoms with Crippen molar-refractivity contribution in [2.75, 3.05) is 0 Å². The second kappa shape index (κ2) is 7.17. The zero-order valence-corrected chi connectivity index (χ0v) is 19.0. The minimum absolute atomic E-state index is 0.161. The summed E-state index contributed by atoms with van der Waals surface area (Å²) in [5.41, 5.74) is -7.04. The van der Waals surface area contributed by atoms with Gasteiger partial charge in [0.15, 0.2) is 11.8 Å². The molecule has 4 aliphatic rings. The molecule has 3 fully saturated rings. The van der Waals surface area contributed by atoms with Gasteiger partial charge in [-0.05, 0) is 56.9 Å². The Morgan fingerprint density at radius 2 is 1.82 bits per heavy atom. The molecular weight excluding hydrogens is 441 g/mol. The van der Waals surface area contributed by atoms with Crippen LogP contribution in [0.2, 0.25) is 0 Å². The van der Waals surface area contributed by atoms with Crippen molar-refractivity contribution in [1.29, 1.82) is 0 Å². The smallest absolute Gasteiger partial charge is 0.375 e. The van der Waals surface area contributed by atoms with Gasteiger partial charge in [0.05, 0.1) is 11.5 Å². The number of hydrogen-bond donors (Lipinski definition) is 2. The Morgan fingerprint density at radius 1 is 1.18 bits per heavy atom. The Bertz CT molecular complexity index is 993. The van der Waals surface area contributed by atoms with E-state index < -0.39 is 87.7 Å². The summed E-state index contributed by atoms with van der Waals surface area (Å²) in [4.78, 5) is 35.0. The Morgan fingerprint density at radius 3 is 2.39 bits per heavy atom. The number of ketones is 1. The van der Waals surface area contributed by atoms with Crippen LogP contribution < -0.4 is 0 Å². The van der Waals surface area contributed by atoms with E-state index in [4.69, 9.17) is 4.74 Å². The molecule has 33 heavy (non-hydrogen) atoms. The zero-order valence-electron chi connectivity index (χ0n) is 19.0. The largest absolute Gasteiger partial charge is 0.481 e. The van der Waals surface area contributed by atoms with Crippen molar-refractivity contribution >= 4 is 17.7 Å². The molecule has 0 saturated heterocycles. The molecule has 0 radical (unpaired) electrons. The van der Waals surface area contributed by atoms with Crippen LogP contribution >= 0.6 is 0 Å². The molecular formula is C24H29F3O6. The summed E-state index contributed by atoms with van der Waals surface area (Å²) in [5, 5.41) is 21.1. The van der Waals surface area contributed by atoms with Gasteiger partial charge in [-0.25, -0.2) is 18.0 Å². The molecule has 0 bridgehead atoms. The molecule has 182 valence electrons. The van der Waals surface area contributed by atoms with E-state index in [1.165, 1.54) is 13.0 Å². The van der Waals surface area contributed by atoms with Crippen LogP contribution in [0, 0.1) is 28.1 Å². The number of carboxylic acid groups (broad SMARTS) is 1. The fourth-order valence-electron chi connectivity index (χ4n) is 7.28. The number of halogens is 3. The van der Waals surface area contributed by atoms with Crippen LogP contribution in [0.4, 0.5) is 13.2 Å². The molecule has 2 N–H and O–H groups in total. The van der Waals surface area contributed by atoms with Crippen LogP contribution in [0.1, 0.15) is 53.4 Å². The highest BCUT2D eigenvalue weighted by atomic mass is 19.2. The molecule has 4 rings (SSSR count). The van der Waals surface area contributed by atoms with Crippen LogP contribution in [0.15, 0.2) is 23.6 Å². The third-order valence-electron chi connectivity index (χ3n) is 9.40. The monoisotopic (exact) mass is 470 g/mol. The average molecular weight is 470 g/mol. The van der Waals surface area contributed by atoms with Gasteiger partial charge in [0.1, 0.15) is 12.0 Å². The van der Waals surface area contributed by atoms with Gasteiger partial charge in [-0.2, -0.15) is 0 Å². The van der Waals surface area contributed by atoms with Crippen molar-refractivity contribution < 1.29 is 42.5 Å². The van der Waals surface area contributed by atoms with E-state index in [2.05, 4.69) is 0 Å². The molecule has 4 aliphatic carbocycles. The van der Waals surface area contributed by atoms with Gasteiger partial charge in [-0.1, -0.05) is 13.0 Å². The van der Waals surface area contributed by atoms with E-state index in [0.29, 0.717) is 6.42 Å². The Labute approximate surface area is 189 Å². The van der Waals surface area contributed by atoms with Gasteiger partial charge >= 0.3 is 11.9 Å². The zero-order chi connectivity index (χ0) is 24.7.